The van der Waals surface area contributed by atoms with Gasteiger partial charge in [-0.3, -0.25) is 9.69 Å². The third-order valence-electron chi connectivity index (χ3n) is 4.90. The molecule has 0 bridgehead atoms. The summed E-state index contributed by atoms with van der Waals surface area (Å²) in [5.41, 5.74) is 1.33. The summed E-state index contributed by atoms with van der Waals surface area (Å²) in [7, 11) is 1.70. The molecule has 0 spiro atoms. The van der Waals surface area contributed by atoms with E-state index in [0.717, 1.165) is 64.0 Å². The molecule has 1 atom stereocenters. The molecule has 0 aromatic heterocycles. The average molecular weight is 332 g/mol. The van der Waals surface area contributed by atoms with Crippen LogP contribution < -0.4 is 4.74 Å². The number of rotatable bonds is 9. The zero-order valence-corrected chi connectivity index (χ0v) is 15.5. The van der Waals surface area contributed by atoms with Gasteiger partial charge in [0.05, 0.1) is 7.11 Å². The highest BCUT2D eigenvalue weighted by Gasteiger charge is 2.20. The van der Waals surface area contributed by atoms with Gasteiger partial charge in [-0.05, 0) is 56.8 Å². The van der Waals surface area contributed by atoms with Crippen LogP contribution in [0, 0.1) is 0 Å². The molecular weight excluding hydrogens is 300 g/mol. The molecule has 0 N–H and O–H groups in total. The first kappa shape index (κ1) is 18.8. The molecule has 1 fully saturated rings. The van der Waals surface area contributed by atoms with Crippen LogP contribution in [0.3, 0.4) is 0 Å². The van der Waals surface area contributed by atoms with Gasteiger partial charge in [0.2, 0.25) is 5.91 Å². The Balaban J connectivity index is 1.88. The van der Waals surface area contributed by atoms with Gasteiger partial charge in [-0.25, -0.2) is 0 Å². The molecule has 24 heavy (non-hydrogen) atoms. The number of likely N-dealkylation sites (tertiary alicyclic amines) is 1. The van der Waals surface area contributed by atoms with E-state index in [4.69, 9.17) is 4.74 Å². The lowest BCUT2D eigenvalue weighted by Crippen LogP contribution is -2.44. The van der Waals surface area contributed by atoms with Crippen molar-refractivity contribution in [3.63, 3.8) is 0 Å². The molecule has 134 valence electrons. The molecule has 4 heteroatoms. The van der Waals surface area contributed by atoms with Crippen LogP contribution in [0.2, 0.25) is 0 Å². The van der Waals surface area contributed by atoms with Gasteiger partial charge < -0.3 is 9.64 Å². The van der Waals surface area contributed by atoms with Gasteiger partial charge in [-0.1, -0.05) is 19.1 Å². The molecule has 1 heterocycles. The maximum Gasteiger partial charge on any atom is 0.222 e. The first-order valence-electron chi connectivity index (χ1n) is 9.28. The van der Waals surface area contributed by atoms with Gasteiger partial charge in [-0.2, -0.15) is 0 Å². The van der Waals surface area contributed by atoms with E-state index in [1.807, 2.05) is 17.0 Å². The molecular formula is C20H32N2O2. The molecule has 1 amide bonds. The van der Waals surface area contributed by atoms with Crippen LogP contribution in [-0.2, 0) is 11.2 Å². The summed E-state index contributed by atoms with van der Waals surface area (Å²) < 4.78 is 5.23. The highest BCUT2D eigenvalue weighted by molar-refractivity contribution is 5.76. The Bertz CT molecular complexity index is 501. The highest BCUT2D eigenvalue weighted by Crippen LogP contribution is 2.16. The maximum atomic E-state index is 12.0. The van der Waals surface area contributed by atoms with E-state index in [-0.39, 0.29) is 0 Å². The molecule has 0 radical (unpaired) electrons. The van der Waals surface area contributed by atoms with Gasteiger partial charge >= 0.3 is 0 Å². The Morgan fingerprint density at radius 3 is 2.58 bits per heavy atom. The Morgan fingerprint density at radius 1 is 1.21 bits per heavy atom. The van der Waals surface area contributed by atoms with Crippen molar-refractivity contribution in [2.24, 2.45) is 0 Å². The number of carbonyl (C=O) groups is 1. The molecule has 1 aromatic carbocycles. The number of ether oxygens (including phenoxy) is 1. The van der Waals surface area contributed by atoms with E-state index >= 15 is 0 Å². The molecule has 1 saturated heterocycles. The summed E-state index contributed by atoms with van der Waals surface area (Å²) in [5.74, 6) is 1.24. The third kappa shape index (κ3) is 5.52. The van der Waals surface area contributed by atoms with E-state index < -0.39 is 0 Å². The number of amides is 1. The van der Waals surface area contributed by atoms with Crippen LogP contribution in [0.1, 0.15) is 45.1 Å². The summed E-state index contributed by atoms with van der Waals surface area (Å²) in [5, 5.41) is 0. The van der Waals surface area contributed by atoms with E-state index in [1.54, 1.807) is 7.11 Å². The Morgan fingerprint density at radius 2 is 1.96 bits per heavy atom. The lowest BCUT2D eigenvalue weighted by Gasteiger charge is -2.33. The number of piperidine rings is 1. The van der Waals surface area contributed by atoms with Gasteiger partial charge in [0.25, 0.3) is 0 Å². The number of carbonyl (C=O) groups excluding carboxylic acids is 1. The smallest absolute Gasteiger partial charge is 0.222 e. The van der Waals surface area contributed by atoms with Crippen LogP contribution in [0.5, 0.6) is 5.75 Å². The minimum absolute atomic E-state index is 0.334. The van der Waals surface area contributed by atoms with Crippen molar-refractivity contribution >= 4 is 5.91 Å². The van der Waals surface area contributed by atoms with Crippen molar-refractivity contribution < 1.29 is 9.53 Å². The van der Waals surface area contributed by atoms with E-state index in [1.165, 1.54) is 5.56 Å². The number of benzene rings is 1. The molecule has 4 nitrogen and oxygen atoms in total. The second-order valence-corrected chi connectivity index (χ2v) is 6.78. The predicted octanol–water partition coefficient (Wildman–Crippen LogP) is 3.35. The van der Waals surface area contributed by atoms with Crippen LogP contribution in [0.4, 0.5) is 0 Å². The van der Waals surface area contributed by atoms with Crippen LogP contribution >= 0.6 is 0 Å². The fraction of sp³-hybridized carbons (Fsp3) is 0.650. The topological polar surface area (TPSA) is 32.8 Å². The highest BCUT2D eigenvalue weighted by atomic mass is 16.5. The average Bonchev–Trinajstić information content (AvgIpc) is 2.60. The molecule has 0 saturated carbocycles. The molecule has 1 unspecified atom stereocenters. The van der Waals surface area contributed by atoms with E-state index in [2.05, 4.69) is 30.9 Å². The monoisotopic (exact) mass is 332 g/mol. The Hall–Kier alpha value is -1.55. The third-order valence-corrected chi connectivity index (χ3v) is 4.90. The molecule has 1 aliphatic heterocycles. The minimum Gasteiger partial charge on any atom is -0.497 e. The zero-order chi connectivity index (χ0) is 17.4. The Kier molecular flexibility index (Phi) is 7.57. The summed E-state index contributed by atoms with van der Waals surface area (Å²) in [6.07, 6.45) is 5.11. The van der Waals surface area contributed by atoms with E-state index in [0.29, 0.717) is 11.9 Å². The second-order valence-electron chi connectivity index (χ2n) is 6.78. The lowest BCUT2D eigenvalue weighted by molar-refractivity contribution is -0.133. The normalized spacial score (nSPS) is 16.5. The van der Waals surface area contributed by atoms with Crippen molar-refractivity contribution in [1.82, 2.24) is 9.80 Å². The van der Waals surface area contributed by atoms with Crippen molar-refractivity contribution in [1.29, 1.82) is 0 Å². The fourth-order valence-corrected chi connectivity index (χ4v) is 3.42. The summed E-state index contributed by atoms with van der Waals surface area (Å²) in [6, 6.07) is 8.82. The van der Waals surface area contributed by atoms with Crippen molar-refractivity contribution in [3.8, 4) is 5.75 Å². The van der Waals surface area contributed by atoms with Crippen LogP contribution in [0.25, 0.3) is 0 Å². The SMILES string of the molecule is CCCN(CCN1CCCCC1=O)C(C)Cc1ccc(OC)cc1. The van der Waals surface area contributed by atoms with E-state index in [9.17, 15) is 4.79 Å². The molecule has 0 aliphatic carbocycles. The number of nitrogens with zero attached hydrogens (tertiary/aromatic N) is 2. The Labute approximate surface area is 146 Å². The summed E-state index contributed by atoms with van der Waals surface area (Å²) in [6.45, 7) is 8.37. The predicted molar refractivity (Wildman–Crippen MR) is 98.5 cm³/mol. The van der Waals surface area contributed by atoms with Crippen molar-refractivity contribution in [2.45, 2.75) is 52.0 Å². The van der Waals surface area contributed by atoms with Gasteiger partial charge in [0, 0.05) is 32.1 Å². The zero-order valence-electron chi connectivity index (χ0n) is 15.5. The standard InChI is InChI=1S/C20H32N2O2/c1-4-12-21(14-15-22-13-6-5-7-20(22)23)17(2)16-18-8-10-19(24-3)11-9-18/h8-11,17H,4-7,12-16H2,1-3H3. The first-order chi connectivity index (χ1) is 11.6. The summed E-state index contributed by atoms with van der Waals surface area (Å²) >= 11 is 0. The largest absolute Gasteiger partial charge is 0.497 e. The minimum atomic E-state index is 0.334. The maximum absolute atomic E-state index is 12.0. The van der Waals surface area contributed by atoms with Crippen LogP contribution in [-0.4, -0.2) is 55.0 Å². The first-order valence-corrected chi connectivity index (χ1v) is 9.28. The number of hydrogen-bond donors (Lipinski definition) is 0. The van der Waals surface area contributed by atoms with Gasteiger partial charge in [-0.15, -0.1) is 0 Å². The van der Waals surface area contributed by atoms with Crippen molar-refractivity contribution in [2.75, 3.05) is 33.3 Å². The molecule has 2 rings (SSSR count). The number of hydrogen-bond acceptors (Lipinski definition) is 3. The van der Waals surface area contributed by atoms with Gasteiger partial charge in [0.15, 0.2) is 0 Å². The van der Waals surface area contributed by atoms with Gasteiger partial charge in [0.1, 0.15) is 5.75 Å². The lowest BCUT2D eigenvalue weighted by atomic mass is 10.1. The molecule has 1 aromatic rings. The van der Waals surface area contributed by atoms with Crippen LogP contribution in [0.15, 0.2) is 24.3 Å². The summed E-state index contributed by atoms with van der Waals surface area (Å²) in [4.78, 5) is 16.5. The fourth-order valence-electron chi connectivity index (χ4n) is 3.42. The quantitative estimate of drug-likeness (QED) is 0.695. The second kappa shape index (κ2) is 9.67. The number of methoxy groups -OCH3 is 1. The molecule has 1 aliphatic rings. The van der Waals surface area contributed by atoms with Crippen molar-refractivity contribution in [3.05, 3.63) is 29.8 Å².